The van der Waals surface area contributed by atoms with Gasteiger partial charge in [0.2, 0.25) is 0 Å². The predicted octanol–water partition coefficient (Wildman–Crippen LogP) is 3.38. The molecule has 0 fully saturated rings. The summed E-state index contributed by atoms with van der Waals surface area (Å²) in [5.74, 6) is 0. The molecule has 1 rings (SSSR count). The van der Waals surface area contributed by atoms with Crippen molar-refractivity contribution in [2.24, 2.45) is 0 Å². The lowest BCUT2D eigenvalue weighted by Crippen LogP contribution is -2.07. The molecule has 0 aliphatic carbocycles. The van der Waals surface area contributed by atoms with E-state index in [1.807, 2.05) is 18.5 Å². The summed E-state index contributed by atoms with van der Waals surface area (Å²) in [5.41, 5.74) is 1.05. The van der Waals surface area contributed by atoms with E-state index in [1.54, 1.807) is 0 Å². The number of hydrogen-bond acceptors (Lipinski definition) is 2. The van der Waals surface area contributed by atoms with Crippen LogP contribution in [0.15, 0.2) is 6.20 Å². The molecule has 1 atom stereocenters. The van der Waals surface area contributed by atoms with Gasteiger partial charge in [-0.3, -0.25) is 4.68 Å². The Morgan fingerprint density at radius 1 is 1.47 bits per heavy atom. The highest BCUT2D eigenvalue weighted by Crippen LogP contribution is 2.16. The molecule has 0 aliphatic rings. The van der Waals surface area contributed by atoms with Crippen molar-refractivity contribution in [1.82, 2.24) is 9.78 Å². The Bertz CT molecular complexity index is 310. The molecule has 0 spiro atoms. The number of ether oxygens (including phenoxy) is 1. The molecule has 0 unspecified atom stereocenters. The van der Waals surface area contributed by atoms with Crippen LogP contribution in [-0.4, -0.2) is 15.9 Å². The normalized spacial score (nSPS) is 13.5. The lowest BCUT2D eigenvalue weighted by atomic mass is 10.3. The molecular weight excluding hydrogens is 303 g/mol. The first kappa shape index (κ1) is 13.0. The number of rotatable bonds is 5. The molecule has 0 radical (unpaired) electrons. The fourth-order valence-corrected chi connectivity index (χ4v) is 1.71. The van der Waals surface area contributed by atoms with E-state index in [0.717, 1.165) is 12.1 Å². The van der Waals surface area contributed by atoms with Crippen LogP contribution in [0.4, 0.5) is 0 Å². The molecule has 1 aromatic heterocycles. The SMILES string of the molecule is CC[C@@H](C)n1cc(I)c(COC(C)C)n1. The minimum absolute atomic E-state index is 0.259. The second kappa shape index (κ2) is 5.84. The molecule has 1 heterocycles. The summed E-state index contributed by atoms with van der Waals surface area (Å²) >= 11 is 2.31. The Morgan fingerprint density at radius 3 is 2.67 bits per heavy atom. The third kappa shape index (κ3) is 3.75. The third-order valence-corrected chi connectivity index (χ3v) is 3.25. The Labute approximate surface area is 105 Å². The first-order valence-corrected chi connectivity index (χ1v) is 6.47. The van der Waals surface area contributed by atoms with Crippen molar-refractivity contribution in [3.05, 3.63) is 15.5 Å². The zero-order chi connectivity index (χ0) is 11.4. The summed E-state index contributed by atoms with van der Waals surface area (Å²) in [6.45, 7) is 9.04. The predicted molar refractivity (Wildman–Crippen MR) is 69.9 cm³/mol. The molecule has 0 amide bonds. The maximum absolute atomic E-state index is 5.55. The average molecular weight is 322 g/mol. The van der Waals surface area contributed by atoms with Gasteiger partial charge >= 0.3 is 0 Å². The molecule has 0 N–H and O–H groups in total. The average Bonchev–Trinajstić information content (AvgIpc) is 2.55. The van der Waals surface area contributed by atoms with Crippen molar-refractivity contribution in [3.63, 3.8) is 0 Å². The van der Waals surface area contributed by atoms with E-state index >= 15 is 0 Å². The Kier molecular flexibility index (Phi) is 5.05. The van der Waals surface area contributed by atoms with Gasteiger partial charge in [-0.2, -0.15) is 5.10 Å². The van der Waals surface area contributed by atoms with E-state index in [0.29, 0.717) is 12.6 Å². The fraction of sp³-hybridized carbons (Fsp3) is 0.727. The van der Waals surface area contributed by atoms with Gasteiger partial charge in [-0.1, -0.05) is 6.92 Å². The van der Waals surface area contributed by atoms with Crippen molar-refractivity contribution < 1.29 is 4.74 Å². The van der Waals surface area contributed by atoms with Crippen LogP contribution in [0.1, 0.15) is 45.9 Å². The van der Waals surface area contributed by atoms with Crippen LogP contribution in [-0.2, 0) is 11.3 Å². The zero-order valence-electron chi connectivity index (χ0n) is 9.83. The smallest absolute Gasteiger partial charge is 0.101 e. The maximum Gasteiger partial charge on any atom is 0.101 e. The first-order chi connectivity index (χ1) is 7.04. The molecule has 3 nitrogen and oxygen atoms in total. The molecule has 86 valence electrons. The lowest BCUT2D eigenvalue weighted by molar-refractivity contribution is 0.0627. The topological polar surface area (TPSA) is 27.1 Å². The van der Waals surface area contributed by atoms with E-state index in [4.69, 9.17) is 4.74 Å². The molecule has 0 bridgehead atoms. The van der Waals surface area contributed by atoms with Gasteiger partial charge in [0.15, 0.2) is 0 Å². The van der Waals surface area contributed by atoms with Gasteiger partial charge < -0.3 is 4.74 Å². The van der Waals surface area contributed by atoms with Crippen molar-refractivity contribution in [3.8, 4) is 0 Å². The Hall–Kier alpha value is -0.100. The summed E-state index contributed by atoms with van der Waals surface area (Å²) in [4.78, 5) is 0. The van der Waals surface area contributed by atoms with Crippen LogP contribution in [0.2, 0.25) is 0 Å². The standard InChI is InChI=1S/C11H19IN2O/c1-5-9(4)14-6-10(12)11(13-14)7-15-8(2)3/h6,8-9H,5,7H2,1-4H3/t9-/m1/s1. The minimum atomic E-state index is 0.259. The molecular formula is C11H19IN2O. The Morgan fingerprint density at radius 2 is 2.13 bits per heavy atom. The monoisotopic (exact) mass is 322 g/mol. The van der Waals surface area contributed by atoms with Gasteiger partial charge in [0.1, 0.15) is 5.69 Å². The van der Waals surface area contributed by atoms with Crippen molar-refractivity contribution in [2.75, 3.05) is 0 Å². The van der Waals surface area contributed by atoms with Crippen molar-refractivity contribution in [1.29, 1.82) is 0 Å². The summed E-state index contributed by atoms with van der Waals surface area (Å²) in [6.07, 6.45) is 3.45. The van der Waals surface area contributed by atoms with Gasteiger partial charge in [0, 0.05) is 12.2 Å². The first-order valence-electron chi connectivity index (χ1n) is 5.39. The Balaban J connectivity index is 2.68. The van der Waals surface area contributed by atoms with Crippen molar-refractivity contribution >= 4 is 22.6 Å². The highest BCUT2D eigenvalue weighted by molar-refractivity contribution is 14.1. The second-order valence-electron chi connectivity index (χ2n) is 4.02. The summed E-state index contributed by atoms with van der Waals surface area (Å²) < 4.78 is 8.77. The quantitative estimate of drug-likeness (QED) is 0.777. The van der Waals surface area contributed by atoms with Crippen LogP contribution in [0.3, 0.4) is 0 Å². The highest BCUT2D eigenvalue weighted by Gasteiger charge is 2.10. The molecule has 4 heteroatoms. The van der Waals surface area contributed by atoms with E-state index in [1.165, 1.54) is 3.57 Å². The maximum atomic E-state index is 5.55. The summed E-state index contributed by atoms with van der Waals surface area (Å²) in [5, 5.41) is 4.54. The molecule has 0 saturated heterocycles. The minimum Gasteiger partial charge on any atom is -0.372 e. The molecule has 0 aliphatic heterocycles. The summed E-state index contributed by atoms with van der Waals surface area (Å²) in [6, 6.07) is 0.464. The number of nitrogens with zero attached hydrogens (tertiary/aromatic N) is 2. The van der Waals surface area contributed by atoms with Gasteiger partial charge in [-0.15, -0.1) is 0 Å². The van der Waals surface area contributed by atoms with Crippen LogP contribution < -0.4 is 0 Å². The van der Waals surface area contributed by atoms with E-state index in [2.05, 4.69) is 47.7 Å². The van der Waals surface area contributed by atoms with Crippen LogP contribution in [0, 0.1) is 3.57 Å². The van der Waals surface area contributed by atoms with Gasteiger partial charge in [0.25, 0.3) is 0 Å². The summed E-state index contributed by atoms with van der Waals surface area (Å²) in [7, 11) is 0. The van der Waals surface area contributed by atoms with Crippen LogP contribution in [0.25, 0.3) is 0 Å². The van der Waals surface area contributed by atoms with Gasteiger partial charge in [0.05, 0.1) is 16.3 Å². The zero-order valence-corrected chi connectivity index (χ0v) is 12.0. The largest absolute Gasteiger partial charge is 0.372 e. The number of hydrogen-bond donors (Lipinski definition) is 0. The van der Waals surface area contributed by atoms with E-state index in [9.17, 15) is 0 Å². The molecule has 1 aromatic rings. The lowest BCUT2D eigenvalue weighted by Gasteiger charge is -2.08. The highest BCUT2D eigenvalue weighted by atomic mass is 127. The molecule has 0 saturated carbocycles. The van der Waals surface area contributed by atoms with E-state index < -0.39 is 0 Å². The number of halogens is 1. The van der Waals surface area contributed by atoms with Crippen molar-refractivity contribution in [2.45, 2.75) is 52.9 Å². The molecule has 0 aromatic carbocycles. The van der Waals surface area contributed by atoms with E-state index in [-0.39, 0.29) is 6.10 Å². The van der Waals surface area contributed by atoms with Crippen LogP contribution >= 0.6 is 22.6 Å². The van der Waals surface area contributed by atoms with Gasteiger partial charge in [-0.25, -0.2) is 0 Å². The van der Waals surface area contributed by atoms with Crippen LogP contribution in [0.5, 0.6) is 0 Å². The molecule has 15 heavy (non-hydrogen) atoms. The van der Waals surface area contributed by atoms with Gasteiger partial charge in [-0.05, 0) is 49.8 Å². The second-order valence-corrected chi connectivity index (χ2v) is 5.18. The third-order valence-electron chi connectivity index (χ3n) is 2.35. The fourth-order valence-electron chi connectivity index (χ4n) is 1.16. The number of aromatic nitrogens is 2.